The van der Waals surface area contributed by atoms with Crippen LogP contribution in [0.15, 0.2) is 81.2 Å². The molecule has 0 bridgehead atoms. The molecule has 6 rings (SSSR count). The van der Waals surface area contributed by atoms with Gasteiger partial charge in [-0.15, -0.1) is 0 Å². The van der Waals surface area contributed by atoms with E-state index in [4.69, 9.17) is 23.7 Å². The molecule has 0 saturated heterocycles. The summed E-state index contributed by atoms with van der Waals surface area (Å²) in [4.78, 5) is 22.7. The van der Waals surface area contributed by atoms with Gasteiger partial charge in [0.1, 0.15) is 5.75 Å². The van der Waals surface area contributed by atoms with Gasteiger partial charge in [-0.1, -0.05) is 41.2 Å². The summed E-state index contributed by atoms with van der Waals surface area (Å²) < 4.78 is 23.3. The van der Waals surface area contributed by atoms with Crippen molar-refractivity contribution in [2.45, 2.75) is 17.5 Å². The Bertz CT molecular complexity index is 1630. The van der Waals surface area contributed by atoms with Gasteiger partial charge in [-0.2, -0.15) is 4.98 Å². The quantitative estimate of drug-likeness (QED) is 0.236. The number of hydrogen-bond acceptors (Lipinski definition) is 9. The Balaban J connectivity index is 1.29. The van der Waals surface area contributed by atoms with Crippen molar-refractivity contribution >= 4 is 22.7 Å². The van der Waals surface area contributed by atoms with Crippen LogP contribution in [0.5, 0.6) is 17.2 Å². The van der Waals surface area contributed by atoms with Crippen LogP contribution < -0.4 is 19.8 Å². The zero-order valence-corrected chi connectivity index (χ0v) is 20.0. The van der Waals surface area contributed by atoms with Crippen LogP contribution in [-0.2, 0) is 12.3 Å². The third kappa shape index (κ3) is 4.27. The lowest BCUT2D eigenvalue weighted by Gasteiger charge is -2.13. The average Bonchev–Trinajstić information content (AvgIpc) is 3.59. The van der Waals surface area contributed by atoms with E-state index in [9.17, 15) is 4.79 Å². The van der Waals surface area contributed by atoms with Gasteiger partial charge in [-0.25, -0.2) is 4.98 Å². The maximum Gasteiger partial charge on any atom is 0.262 e. The number of methoxy groups -OCH3 is 1. The molecule has 0 saturated carbocycles. The highest BCUT2D eigenvalue weighted by Crippen LogP contribution is 2.35. The standard InChI is InChI=1S/C26H20N4O5S/c1-32-18-6-4-5-16(11-18)13-30-25(31)19-7-2-3-8-20(19)27-26(30)36-14-23-28-24(29-35-23)17-9-10-21-22(12-17)34-15-33-21/h2-12H,13-15H2,1H3. The van der Waals surface area contributed by atoms with Crippen LogP contribution in [0.1, 0.15) is 11.5 Å². The first-order valence-corrected chi connectivity index (χ1v) is 12.1. The predicted molar refractivity (Wildman–Crippen MR) is 134 cm³/mol. The molecule has 5 aromatic rings. The highest BCUT2D eigenvalue weighted by atomic mass is 32.2. The molecule has 180 valence electrons. The molecule has 10 heteroatoms. The van der Waals surface area contributed by atoms with Gasteiger partial charge in [0.05, 0.1) is 30.3 Å². The molecule has 36 heavy (non-hydrogen) atoms. The van der Waals surface area contributed by atoms with Gasteiger partial charge in [0, 0.05) is 5.56 Å². The fraction of sp³-hybridized carbons (Fsp3) is 0.154. The summed E-state index contributed by atoms with van der Waals surface area (Å²) in [6.07, 6.45) is 0. The molecule has 0 N–H and O–H groups in total. The van der Waals surface area contributed by atoms with Crippen LogP contribution in [0, 0.1) is 0 Å². The zero-order valence-electron chi connectivity index (χ0n) is 19.2. The number of nitrogens with zero attached hydrogens (tertiary/aromatic N) is 4. The van der Waals surface area contributed by atoms with E-state index in [2.05, 4.69) is 10.1 Å². The monoisotopic (exact) mass is 500 g/mol. The van der Waals surface area contributed by atoms with E-state index in [1.165, 1.54) is 11.8 Å². The highest BCUT2D eigenvalue weighted by molar-refractivity contribution is 7.98. The number of benzene rings is 3. The number of para-hydroxylation sites is 1. The maximum absolute atomic E-state index is 13.4. The number of thioether (sulfide) groups is 1. The molecule has 0 spiro atoms. The van der Waals surface area contributed by atoms with Crippen molar-refractivity contribution in [1.29, 1.82) is 0 Å². The van der Waals surface area contributed by atoms with Gasteiger partial charge in [0.25, 0.3) is 5.56 Å². The number of fused-ring (bicyclic) bond motifs is 2. The van der Waals surface area contributed by atoms with Crippen LogP contribution in [0.4, 0.5) is 0 Å². The van der Waals surface area contributed by atoms with Crippen molar-refractivity contribution < 1.29 is 18.7 Å². The molecular formula is C26H20N4O5S. The third-order valence-electron chi connectivity index (χ3n) is 5.73. The topological polar surface area (TPSA) is 102 Å². The zero-order chi connectivity index (χ0) is 24.5. The van der Waals surface area contributed by atoms with Gasteiger partial charge in [0.2, 0.25) is 18.5 Å². The fourth-order valence-corrected chi connectivity index (χ4v) is 4.78. The second-order valence-electron chi connectivity index (χ2n) is 8.02. The molecule has 1 aliphatic rings. The van der Waals surface area contributed by atoms with Gasteiger partial charge in [-0.3, -0.25) is 9.36 Å². The van der Waals surface area contributed by atoms with E-state index in [0.717, 1.165) is 16.9 Å². The van der Waals surface area contributed by atoms with Gasteiger partial charge < -0.3 is 18.7 Å². The first-order chi connectivity index (χ1) is 17.7. The van der Waals surface area contributed by atoms with Crippen LogP contribution in [-0.4, -0.2) is 33.6 Å². The molecule has 3 aromatic carbocycles. The lowest BCUT2D eigenvalue weighted by molar-refractivity contribution is 0.174. The van der Waals surface area contributed by atoms with Crippen LogP contribution in [0.3, 0.4) is 0 Å². The van der Waals surface area contributed by atoms with Crippen molar-refractivity contribution in [3.63, 3.8) is 0 Å². The minimum Gasteiger partial charge on any atom is -0.497 e. The fourth-order valence-electron chi connectivity index (χ4n) is 3.94. The Morgan fingerprint density at radius 2 is 1.89 bits per heavy atom. The van der Waals surface area contributed by atoms with Gasteiger partial charge >= 0.3 is 0 Å². The smallest absolute Gasteiger partial charge is 0.262 e. The first-order valence-electron chi connectivity index (χ1n) is 11.2. The Morgan fingerprint density at radius 3 is 2.81 bits per heavy atom. The molecular weight excluding hydrogens is 480 g/mol. The molecule has 0 aliphatic carbocycles. The van der Waals surface area contributed by atoms with Crippen molar-refractivity contribution in [1.82, 2.24) is 19.7 Å². The largest absolute Gasteiger partial charge is 0.497 e. The Labute approximate surface area is 209 Å². The number of ether oxygens (including phenoxy) is 3. The SMILES string of the molecule is COc1cccc(Cn2c(SCc3nc(-c4ccc5c(c4)OCO5)no3)nc3ccccc3c2=O)c1. The van der Waals surface area contributed by atoms with Gasteiger partial charge in [-0.05, 0) is 48.0 Å². The van der Waals surface area contributed by atoms with Crippen LogP contribution >= 0.6 is 11.8 Å². The molecule has 0 fully saturated rings. The number of rotatable bonds is 7. The van der Waals surface area contributed by atoms with Gasteiger partial charge in [0.15, 0.2) is 16.7 Å². The molecule has 0 unspecified atom stereocenters. The Hall–Kier alpha value is -4.31. The van der Waals surface area contributed by atoms with Crippen LogP contribution in [0.2, 0.25) is 0 Å². The Kier molecular flexibility index (Phi) is 5.78. The lowest BCUT2D eigenvalue weighted by Crippen LogP contribution is -2.24. The molecule has 0 amide bonds. The first kappa shape index (κ1) is 22.2. The summed E-state index contributed by atoms with van der Waals surface area (Å²) in [6.45, 7) is 0.547. The second kappa shape index (κ2) is 9.38. The molecule has 2 aromatic heterocycles. The molecule has 0 radical (unpaired) electrons. The summed E-state index contributed by atoms with van der Waals surface area (Å²) in [6, 6.07) is 20.4. The van der Waals surface area contributed by atoms with Crippen molar-refractivity contribution in [2.75, 3.05) is 13.9 Å². The second-order valence-corrected chi connectivity index (χ2v) is 8.97. The van der Waals surface area contributed by atoms with Crippen molar-refractivity contribution in [3.05, 3.63) is 88.5 Å². The third-order valence-corrected chi connectivity index (χ3v) is 6.69. The highest BCUT2D eigenvalue weighted by Gasteiger charge is 2.18. The normalized spacial score (nSPS) is 12.2. The van der Waals surface area contributed by atoms with E-state index >= 15 is 0 Å². The summed E-state index contributed by atoms with van der Waals surface area (Å²) in [5.41, 5.74) is 2.22. The van der Waals surface area contributed by atoms with E-state index < -0.39 is 0 Å². The molecule has 9 nitrogen and oxygen atoms in total. The minimum absolute atomic E-state index is 0.113. The summed E-state index contributed by atoms with van der Waals surface area (Å²) in [5, 5.41) is 5.22. The van der Waals surface area contributed by atoms with Crippen LogP contribution in [0.25, 0.3) is 22.3 Å². The number of aromatic nitrogens is 4. The van der Waals surface area contributed by atoms with E-state index in [0.29, 0.717) is 51.6 Å². The van der Waals surface area contributed by atoms with Crippen molar-refractivity contribution in [2.24, 2.45) is 0 Å². The number of hydrogen-bond donors (Lipinski definition) is 0. The summed E-state index contributed by atoms with van der Waals surface area (Å²) in [5.74, 6) is 3.28. The van der Waals surface area contributed by atoms with E-state index in [-0.39, 0.29) is 12.4 Å². The Morgan fingerprint density at radius 1 is 1.00 bits per heavy atom. The summed E-state index contributed by atoms with van der Waals surface area (Å²) in [7, 11) is 1.62. The van der Waals surface area contributed by atoms with Crippen molar-refractivity contribution in [3.8, 4) is 28.6 Å². The minimum atomic E-state index is -0.113. The predicted octanol–water partition coefficient (Wildman–Crippen LogP) is 4.52. The van der Waals surface area contributed by atoms with E-state index in [1.807, 2.05) is 60.7 Å². The molecule has 0 atom stereocenters. The maximum atomic E-state index is 13.4. The lowest BCUT2D eigenvalue weighted by atomic mass is 10.2. The molecule has 3 heterocycles. The summed E-state index contributed by atoms with van der Waals surface area (Å²) >= 11 is 1.37. The molecule has 1 aliphatic heterocycles. The average molecular weight is 501 g/mol. The van der Waals surface area contributed by atoms with E-state index in [1.54, 1.807) is 17.7 Å².